The van der Waals surface area contributed by atoms with Gasteiger partial charge in [0, 0.05) is 11.1 Å². The van der Waals surface area contributed by atoms with Crippen LogP contribution in [0.15, 0.2) is 21.8 Å². The molecular weight excluding hydrogens is 434 g/mol. The number of carbonyl (C=O) groups is 3. The van der Waals surface area contributed by atoms with Crippen molar-refractivity contribution in [1.29, 1.82) is 0 Å². The highest BCUT2D eigenvalue weighted by molar-refractivity contribution is 8.00. The second-order valence-corrected chi connectivity index (χ2v) is 7.48. The maximum atomic E-state index is 12.5. The number of thiazole rings is 1. The quantitative estimate of drug-likeness (QED) is 0.302. The summed E-state index contributed by atoms with van der Waals surface area (Å²) in [6.07, 6.45) is 0. The molecule has 1 fully saturated rings. The molecule has 154 valence electrons. The van der Waals surface area contributed by atoms with E-state index in [1.807, 2.05) is 0 Å². The van der Waals surface area contributed by atoms with E-state index in [9.17, 15) is 19.5 Å². The average Bonchev–Trinajstić information content (AvgIpc) is 3.02. The standard InChI is InChI=1S/C14H15N5O5S2.ClH.H2O/c1-5-3-25-12-8(11(21)19(12)9(5)13(22)23)17-10(20)7(18-24-2)6-4-26-14(15)16-6;;/h4,8,12H,3H2,1-2H3,(H2,15,16)(H,17,20)(H,22,23);1H;1H2/b18-7+;;/t8-,12-;;/m1../s1. The highest BCUT2D eigenvalue weighted by Crippen LogP contribution is 2.40. The highest BCUT2D eigenvalue weighted by atomic mass is 35.5. The van der Waals surface area contributed by atoms with Gasteiger partial charge in [0.15, 0.2) is 10.8 Å². The van der Waals surface area contributed by atoms with Crippen molar-refractivity contribution < 1.29 is 29.8 Å². The summed E-state index contributed by atoms with van der Waals surface area (Å²) in [6, 6.07) is -0.854. The summed E-state index contributed by atoms with van der Waals surface area (Å²) in [5.74, 6) is -1.84. The van der Waals surface area contributed by atoms with Crippen LogP contribution in [0.5, 0.6) is 0 Å². The van der Waals surface area contributed by atoms with Crippen LogP contribution in [0.3, 0.4) is 0 Å². The summed E-state index contributed by atoms with van der Waals surface area (Å²) in [4.78, 5) is 46.2. The van der Waals surface area contributed by atoms with E-state index in [2.05, 4.69) is 20.3 Å². The Labute approximate surface area is 173 Å². The lowest BCUT2D eigenvalue weighted by atomic mass is 10.0. The Morgan fingerprint density at radius 2 is 2.18 bits per heavy atom. The molecule has 2 atom stereocenters. The third-order valence-corrected chi connectivity index (χ3v) is 5.91. The Morgan fingerprint density at radius 1 is 1.50 bits per heavy atom. The van der Waals surface area contributed by atoms with E-state index in [1.165, 1.54) is 23.8 Å². The molecular formula is C14H18ClN5O6S2. The molecule has 3 rings (SSSR count). The number of anilines is 1. The minimum Gasteiger partial charge on any atom is -0.477 e. The molecule has 2 aliphatic rings. The van der Waals surface area contributed by atoms with Gasteiger partial charge in [-0.25, -0.2) is 9.78 Å². The number of aromatic nitrogens is 1. The predicted octanol–water partition coefficient (Wildman–Crippen LogP) is -0.569. The maximum Gasteiger partial charge on any atom is 0.352 e. The van der Waals surface area contributed by atoms with Gasteiger partial charge in [0.05, 0.1) is 0 Å². The Balaban J connectivity index is 0.00000196. The van der Waals surface area contributed by atoms with Crippen molar-refractivity contribution in [3.63, 3.8) is 0 Å². The van der Waals surface area contributed by atoms with Crippen LogP contribution in [0.25, 0.3) is 0 Å². The number of halogens is 1. The molecule has 2 aliphatic heterocycles. The molecule has 0 radical (unpaired) electrons. The molecule has 0 aromatic carbocycles. The van der Waals surface area contributed by atoms with Gasteiger partial charge in [0.25, 0.3) is 11.8 Å². The van der Waals surface area contributed by atoms with E-state index >= 15 is 0 Å². The van der Waals surface area contributed by atoms with Gasteiger partial charge >= 0.3 is 5.97 Å². The summed E-state index contributed by atoms with van der Waals surface area (Å²) in [7, 11) is 1.28. The van der Waals surface area contributed by atoms with E-state index in [0.717, 1.165) is 11.3 Å². The Morgan fingerprint density at radius 3 is 2.71 bits per heavy atom. The van der Waals surface area contributed by atoms with Crippen molar-refractivity contribution in [2.75, 3.05) is 18.6 Å². The second-order valence-electron chi connectivity index (χ2n) is 5.49. The van der Waals surface area contributed by atoms with Gasteiger partial charge in [0.2, 0.25) is 0 Å². The van der Waals surface area contributed by atoms with Crippen molar-refractivity contribution in [3.8, 4) is 0 Å². The maximum absolute atomic E-state index is 12.5. The summed E-state index contributed by atoms with van der Waals surface area (Å²) < 4.78 is 0. The molecule has 6 N–H and O–H groups in total. The number of nitrogens with zero attached hydrogens (tertiary/aromatic N) is 3. The Kier molecular flexibility index (Phi) is 7.81. The second kappa shape index (κ2) is 9.23. The van der Waals surface area contributed by atoms with Crippen molar-refractivity contribution in [2.45, 2.75) is 18.3 Å². The first kappa shape index (κ1) is 23.7. The van der Waals surface area contributed by atoms with E-state index in [0.29, 0.717) is 11.3 Å². The molecule has 0 saturated carbocycles. The number of carboxylic acid groups (broad SMARTS) is 1. The predicted molar refractivity (Wildman–Crippen MR) is 106 cm³/mol. The van der Waals surface area contributed by atoms with Gasteiger partial charge in [-0.2, -0.15) is 0 Å². The van der Waals surface area contributed by atoms with Crippen LogP contribution in [-0.4, -0.2) is 68.2 Å². The molecule has 1 aromatic rings. The number of nitrogens with two attached hydrogens (primary N) is 1. The summed E-state index contributed by atoms with van der Waals surface area (Å²) in [6.45, 7) is 1.67. The van der Waals surface area contributed by atoms with Crippen LogP contribution < -0.4 is 11.1 Å². The monoisotopic (exact) mass is 451 g/mol. The Bertz CT molecular complexity index is 857. The Hall–Kier alpha value is -2.35. The van der Waals surface area contributed by atoms with Crippen LogP contribution in [0.1, 0.15) is 12.6 Å². The summed E-state index contributed by atoms with van der Waals surface area (Å²) in [5, 5.41) is 16.9. The number of fused-ring (bicyclic) bond motifs is 1. The van der Waals surface area contributed by atoms with Gasteiger partial charge in [-0.15, -0.1) is 35.5 Å². The number of nitrogens with one attached hydrogen (secondary N) is 1. The van der Waals surface area contributed by atoms with Gasteiger partial charge in [-0.3, -0.25) is 14.5 Å². The zero-order valence-corrected chi connectivity index (χ0v) is 17.1. The average molecular weight is 452 g/mol. The van der Waals surface area contributed by atoms with E-state index in [4.69, 9.17) is 5.73 Å². The fourth-order valence-corrected chi connectivity index (χ4v) is 4.52. The minimum atomic E-state index is -1.16. The zero-order chi connectivity index (χ0) is 19.0. The number of oxime groups is 1. The molecule has 0 unspecified atom stereocenters. The number of carbonyl (C=O) groups excluding carboxylic acids is 2. The van der Waals surface area contributed by atoms with Crippen LogP contribution in [-0.2, 0) is 19.2 Å². The molecule has 2 amide bonds. The molecule has 0 aliphatic carbocycles. The first-order valence-electron chi connectivity index (χ1n) is 7.36. The van der Waals surface area contributed by atoms with Gasteiger partial charge in [-0.1, -0.05) is 5.16 Å². The fourth-order valence-electron chi connectivity index (χ4n) is 2.68. The largest absolute Gasteiger partial charge is 0.477 e. The first-order chi connectivity index (χ1) is 12.3. The number of hydrogen-bond acceptors (Lipinski definition) is 9. The van der Waals surface area contributed by atoms with Crippen molar-refractivity contribution in [2.24, 2.45) is 5.16 Å². The SMILES string of the molecule is CO/N=C(/C(=O)N[C@@H]1C(=O)N2C(C(=O)O)=C(C)CS[C@H]12)c1csc(N)n1.Cl.O. The molecule has 1 aromatic heterocycles. The van der Waals surface area contributed by atoms with Crippen molar-refractivity contribution in [3.05, 3.63) is 22.3 Å². The molecule has 0 bridgehead atoms. The topological polar surface area (TPSA) is 179 Å². The number of rotatable bonds is 5. The lowest BCUT2D eigenvalue weighted by Gasteiger charge is -2.49. The third kappa shape index (κ3) is 4.06. The molecule has 11 nitrogen and oxygen atoms in total. The third-order valence-electron chi connectivity index (χ3n) is 3.81. The van der Waals surface area contributed by atoms with E-state index in [-0.39, 0.29) is 40.1 Å². The van der Waals surface area contributed by atoms with E-state index in [1.54, 1.807) is 12.3 Å². The van der Waals surface area contributed by atoms with Crippen LogP contribution in [0.2, 0.25) is 0 Å². The number of β-lactam (4-membered cyclic amide) rings is 1. The smallest absolute Gasteiger partial charge is 0.352 e. The normalized spacial score (nSPS) is 21.0. The number of aliphatic carboxylic acids is 1. The number of nitrogen functional groups attached to an aromatic ring is 1. The van der Waals surface area contributed by atoms with Gasteiger partial charge in [0.1, 0.15) is 29.9 Å². The first-order valence-corrected chi connectivity index (χ1v) is 9.29. The lowest BCUT2D eigenvalue weighted by molar-refractivity contribution is -0.150. The summed E-state index contributed by atoms with van der Waals surface area (Å²) in [5.41, 5.74) is 6.27. The van der Waals surface area contributed by atoms with Crippen molar-refractivity contribution in [1.82, 2.24) is 15.2 Å². The fraction of sp³-hybridized carbons (Fsp3) is 0.357. The lowest BCUT2D eigenvalue weighted by Crippen LogP contribution is -2.71. The highest BCUT2D eigenvalue weighted by Gasteiger charge is 2.54. The molecule has 14 heteroatoms. The molecule has 28 heavy (non-hydrogen) atoms. The van der Waals surface area contributed by atoms with Crippen LogP contribution in [0.4, 0.5) is 5.13 Å². The number of carboxylic acids is 1. The van der Waals surface area contributed by atoms with Crippen LogP contribution >= 0.6 is 35.5 Å². The number of hydrogen-bond donors (Lipinski definition) is 3. The number of thioether (sulfide) groups is 1. The number of amides is 2. The minimum absolute atomic E-state index is 0. The van der Waals surface area contributed by atoms with Crippen LogP contribution in [0, 0.1) is 0 Å². The van der Waals surface area contributed by atoms with E-state index < -0.39 is 29.2 Å². The molecule has 3 heterocycles. The van der Waals surface area contributed by atoms with Gasteiger partial charge in [-0.05, 0) is 12.5 Å². The van der Waals surface area contributed by atoms with Gasteiger partial charge < -0.3 is 26.5 Å². The van der Waals surface area contributed by atoms with Crippen molar-refractivity contribution >= 4 is 64.1 Å². The zero-order valence-electron chi connectivity index (χ0n) is 14.7. The summed E-state index contributed by atoms with van der Waals surface area (Å²) >= 11 is 2.52. The molecule has 1 saturated heterocycles. The molecule has 0 spiro atoms.